The summed E-state index contributed by atoms with van der Waals surface area (Å²) in [5.41, 5.74) is 4.72. The van der Waals surface area contributed by atoms with Crippen LogP contribution in [0.4, 0.5) is 4.79 Å². The van der Waals surface area contributed by atoms with Gasteiger partial charge < -0.3 is 10.5 Å². The van der Waals surface area contributed by atoms with Gasteiger partial charge in [-0.2, -0.15) is 0 Å². The number of nitrogens with zero attached hydrogens (tertiary/aromatic N) is 1. The largest absolute Gasteiger partial charge is 0.444 e. The number of hydrogen-bond acceptors (Lipinski definition) is 3. The molecule has 0 aromatic carbocycles. The average Bonchev–Trinajstić information content (AvgIpc) is 1.82. The van der Waals surface area contributed by atoms with Gasteiger partial charge in [0, 0.05) is 7.05 Å². The number of ether oxygens (including phenoxy) is 1. The van der Waals surface area contributed by atoms with Crippen LogP contribution in [0.2, 0.25) is 0 Å². The predicted octanol–water partition coefficient (Wildman–Crippen LogP) is 0.456. The van der Waals surface area contributed by atoms with Crippen molar-refractivity contribution in [3.05, 3.63) is 0 Å². The number of nitrogens with one attached hydrogen (secondary N) is 1. The summed E-state index contributed by atoms with van der Waals surface area (Å²) in [7, 11) is 1.48. The van der Waals surface area contributed by atoms with Gasteiger partial charge in [-0.3, -0.25) is 10.3 Å². The minimum Gasteiger partial charge on any atom is -0.444 e. The highest BCUT2D eigenvalue weighted by molar-refractivity contribution is 5.92. The summed E-state index contributed by atoms with van der Waals surface area (Å²) in [6.45, 7) is 5.31. The summed E-state index contributed by atoms with van der Waals surface area (Å²) in [5.74, 6) is 0.0456. The van der Waals surface area contributed by atoms with Gasteiger partial charge in [-0.15, -0.1) is 0 Å². The standard InChI is InChI=1S/C7H15N3O2/c1-7(2,3)12-6(11)10-5(8)9-4/h1-4H3,(H3,8,9,10,11). The fourth-order valence-corrected chi connectivity index (χ4v) is 0.464. The van der Waals surface area contributed by atoms with E-state index in [0.717, 1.165) is 0 Å². The fraction of sp³-hybridized carbons (Fsp3) is 0.714. The molecule has 0 aliphatic heterocycles. The van der Waals surface area contributed by atoms with Crippen LogP contribution in [-0.2, 0) is 4.74 Å². The summed E-state index contributed by atoms with van der Waals surface area (Å²) in [6.07, 6.45) is -0.592. The van der Waals surface area contributed by atoms with Crippen LogP contribution in [0, 0.1) is 0 Å². The topological polar surface area (TPSA) is 76.7 Å². The molecule has 0 rings (SSSR count). The molecule has 12 heavy (non-hydrogen) atoms. The van der Waals surface area contributed by atoms with Crippen LogP contribution in [0.1, 0.15) is 20.8 Å². The van der Waals surface area contributed by atoms with Crippen molar-refractivity contribution in [2.75, 3.05) is 7.05 Å². The Morgan fingerprint density at radius 3 is 2.33 bits per heavy atom. The lowest BCUT2D eigenvalue weighted by Crippen LogP contribution is -2.40. The maximum absolute atomic E-state index is 10.9. The van der Waals surface area contributed by atoms with Gasteiger partial charge in [0.15, 0.2) is 5.96 Å². The van der Waals surface area contributed by atoms with Crippen molar-refractivity contribution in [3.63, 3.8) is 0 Å². The molecule has 0 bridgehead atoms. The Bertz CT molecular complexity index is 193. The Morgan fingerprint density at radius 2 is 2.00 bits per heavy atom. The molecule has 1 amide bonds. The summed E-state index contributed by atoms with van der Waals surface area (Å²) in [5, 5.41) is 2.25. The number of rotatable bonds is 0. The Morgan fingerprint density at radius 1 is 1.50 bits per heavy atom. The van der Waals surface area contributed by atoms with Gasteiger partial charge in [0.25, 0.3) is 0 Å². The van der Waals surface area contributed by atoms with Gasteiger partial charge in [0.05, 0.1) is 0 Å². The Hall–Kier alpha value is -1.26. The molecule has 0 spiro atoms. The highest BCUT2D eigenvalue weighted by Crippen LogP contribution is 2.05. The van der Waals surface area contributed by atoms with Gasteiger partial charge in [-0.25, -0.2) is 4.79 Å². The molecule has 0 aliphatic carbocycles. The van der Waals surface area contributed by atoms with E-state index < -0.39 is 11.7 Å². The molecule has 0 fully saturated rings. The number of alkyl carbamates (subject to hydrolysis) is 1. The van der Waals surface area contributed by atoms with Crippen molar-refractivity contribution in [2.45, 2.75) is 26.4 Å². The molecule has 0 saturated heterocycles. The van der Waals surface area contributed by atoms with E-state index in [1.807, 2.05) is 0 Å². The first-order chi connectivity index (χ1) is 5.35. The monoisotopic (exact) mass is 173 g/mol. The molecule has 3 N–H and O–H groups in total. The molecule has 5 nitrogen and oxygen atoms in total. The minimum absolute atomic E-state index is 0.0456. The fourth-order valence-electron chi connectivity index (χ4n) is 0.464. The third-order valence-corrected chi connectivity index (χ3v) is 0.870. The van der Waals surface area contributed by atoms with Crippen molar-refractivity contribution in [2.24, 2.45) is 10.7 Å². The molecule has 0 heterocycles. The maximum atomic E-state index is 10.9. The van der Waals surface area contributed by atoms with Gasteiger partial charge in [0.2, 0.25) is 0 Å². The first kappa shape index (κ1) is 10.7. The van der Waals surface area contributed by atoms with Crippen LogP contribution in [0.5, 0.6) is 0 Å². The quantitative estimate of drug-likeness (QED) is 0.412. The Labute approximate surface area is 72.0 Å². The van der Waals surface area contributed by atoms with E-state index in [1.54, 1.807) is 20.8 Å². The molecule has 0 radical (unpaired) electrons. The first-order valence-corrected chi connectivity index (χ1v) is 3.57. The van der Waals surface area contributed by atoms with Crippen LogP contribution in [0.3, 0.4) is 0 Å². The third-order valence-electron chi connectivity index (χ3n) is 0.870. The lowest BCUT2D eigenvalue weighted by molar-refractivity contribution is 0.0562. The Kier molecular flexibility index (Phi) is 3.53. The highest BCUT2D eigenvalue weighted by Gasteiger charge is 2.16. The molecule has 5 heteroatoms. The number of amides is 1. The maximum Gasteiger partial charge on any atom is 0.414 e. The van der Waals surface area contributed by atoms with Crippen molar-refractivity contribution < 1.29 is 9.53 Å². The summed E-state index contributed by atoms with van der Waals surface area (Å²) in [6, 6.07) is 0. The molecule has 0 aliphatic rings. The van der Waals surface area contributed by atoms with Crippen molar-refractivity contribution in [3.8, 4) is 0 Å². The molecule has 0 aromatic rings. The molecule has 0 unspecified atom stereocenters. The van der Waals surface area contributed by atoms with Crippen LogP contribution in [0.15, 0.2) is 4.99 Å². The van der Waals surface area contributed by atoms with Crippen LogP contribution in [-0.4, -0.2) is 24.7 Å². The van der Waals surface area contributed by atoms with Gasteiger partial charge in [0.1, 0.15) is 5.60 Å². The molecule has 0 aromatic heterocycles. The third kappa shape index (κ3) is 5.52. The first-order valence-electron chi connectivity index (χ1n) is 3.57. The van der Waals surface area contributed by atoms with Crippen LogP contribution >= 0.6 is 0 Å². The average molecular weight is 173 g/mol. The van der Waals surface area contributed by atoms with E-state index in [2.05, 4.69) is 10.3 Å². The lowest BCUT2D eigenvalue weighted by Gasteiger charge is -2.19. The summed E-state index contributed by atoms with van der Waals surface area (Å²) < 4.78 is 4.90. The predicted molar refractivity (Wildman–Crippen MR) is 46.9 cm³/mol. The van der Waals surface area contributed by atoms with E-state index >= 15 is 0 Å². The molecule has 0 saturated carbocycles. The second kappa shape index (κ2) is 3.94. The number of hydrogen-bond donors (Lipinski definition) is 2. The van der Waals surface area contributed by atoms with E-state index in [-0.39, 0.29) is 5.96 Å². The van der Waals surface area contributed by atoms with Gasteiger partial charge >= 0.3 is 6.09 Å². The number of carbonyl (C=O) groups excluding carboxylic acids is 1. The number of guanidine groups is 1. The summed E-state index contributed by atoms with van der Waals surface area (Å²) in [4.78, 5) is 14.5. The van der Waals surface area contributed by atoms with Crippen molar-refractivity contribution in [1.82, 2.24) is 5.32 Å². The number of carbonyl (C=O) groups is 1. The zero-order chi connectivity index (χ0) is 9.78. The Balaban J connectivity index is 3.92. The molecular weight excluding hydrogens is 158 g/mol. The van der Waals surface area contributed by atoms with Crippen LogP contribution < -0.4 is 11.1 Å². The van der Waals surface area contributed by atoms with E-state index in [9.17, 15) is 4.79 Å². The minimum atomic E-state index is -0.592. The smallest absolute Gasteiger partial charge is 0.414 e. The van der Waals surface area contributed by atoms with E-state index in [1.165, 1.54) is 7.05 Å². The van der Waals surface area contributed by atoms with Gasteiger partial charge in [-0.1, -0.05) is 0 Å². The zero-order valence-electron chi connectivity index (χ0n) is 7.84. The zero-order valence-corrected chi connectivity index (χ0v) is 7.84. The highest BCUT2D eigenvalue weighted by atomic mass is 16.6. The molecule has 70 valence electrons. The SMILES string of the molecule is CN=C(N)NC(=O)OC(C)(C)C. The van der Waals surface area contributed by atoms with Crippen molar-refractivity contribution >= 4 is 12.1 Å². The second-order valence-corrected chi connectivity index (χ2v) is 3.24. The number of nitrogens with two attached hydrogens (primary N) is 1. The van der Waals surface area contributed by atoms with Crippen molar-refractivity contribution in [1.29, 1.82) is 0 Å². The molecule has 0 atom stereocenters. The van der Waals surface area contributed by atoms with E-state index in [4.69, 9.17) is 10.5 Å². The van der Waals surface area contributed by atoms with Gasteiger partial charge in [-0.05, 0) is 20.8 Å². The molecular formula is C7H15N3O2. The second-order valence-electron chi connectivity index (χ2n) is 3.24. The summed E-state index contributed by atoms with van der Waals surface area (Å²) >= 11 is 0. The normalized spacial score (nSPS) is 12.5. The number of aliphatic imine (C=N–C) groups is 1. The van der Waals surface area contributed by atoms with E-state index in [0.29, 0.717) is 0 Å². The lowest BCUT2D eigenvalue weighted by atomic mass is 10.2. The van der Waals surface area contributed by atoms with Crippen LogP contribution in [0.25, 0.3) is 0 Å².